The van der Waals surface area contributed by atoms with Crippen molar-refractivity contribution in [1.82, 2.24) is 9.88 Å². The summed E-state index contributed by atoms with van der Waals surface area (Å²) < 4.78 is 4.94. The smallest absolute Gasteiger partial charge is 0.337 e. The largest absolute Gasteiger partial charge is 0.478 e. The van der Waals surface area contributed by atoms with E-state index >= 15 is 0 Å². The van der Waals surface area contributed by atoms with Gasteiger partial charge in [0, 0.05) is 20.2 Å². The molecule has 1 rings (SSSR count). The first-order valence-corrected chi connectivity index (χ1v) is 6.00. The lowest BCUT2D eigenvalue weighted by Crippen LogP contribution is -2.34. The number of pyridine rings is 1. The highest BCUT2D eigenvalue weighted by molar-refractivity contribution is 5.94. The van der Waals surface area contributed by atoms with E-state index < -0.39 is 5.97 Å². The number of aryl methyl sites for hydroxylation is 1. The molecule has 0 aliphatic carbocycles. The Morgan fingerprint density at radius 1 is 1.42 bits per heavy atom. The molecule has 0 spiro atoms. The molecular weight excluding hydrogens is 248 g/mol. The summed E-state index contributed by atoms with van der Waals surface area (Å²) in [5.41, 5.74) is 0.693. The van der Waals surface area contributed by atoms with Gasteiger partial charge in [-0.2, -0.15) is 0 Å². The van der Waals surface area contributed by atoms with Crippen LogP contribution in [0.25, 0.3) is 0 Å². The Kier molecular flexibility index (Phi) is 5.44. The van der Waals surface area contributed by atoms with Crippen LogP contribution in [0.3, 0.4) is 0 Å². The second kappa shape index (κ2) is 6.84. The van der Waals surface area contributed by atoms with E-state index in [-0.39, 0.29) is 17.2 Å². The van der Waals surface area contributed by atoms with Gasteiger partial charge in [-0.25, -0.2) is 9.78 Å². The quantitative estimate of drug-likeness (QED) is 0.836. The number of aromatic carboxylic acids is 1. The number of carbonyl (C=O) groups is 2. The molecule has 0 unspecified atom stereocenters. The predicted molar refractivity (Wildman–Crippen MR) is 69.4 cm³/mol. The second-order valence-corrected chi connectivity index (χ2v) is 4.01. The van der Waals surface area contributed by atoms with Crippen LogP contribution >= 0.6 is 0 Å². The molecule has 1 N–H and O–H groups in total. The Hall–Kier alpha value is -1.95. The third kappa shape index (κ3) is 3.75. The van der Waals surface area contributed by atoms with E-state index in [0.29, 0.717) is 25.4 Å². The molecule has 0 aliphatic rings. The van der Waals surface area contributed by atoms with Crippen molar-refractivity contribution >= 4 is 11.9 Å². The molecule has 0 saturated carbocycles. The zero-order valence-electron chi connectivity index (χ0n) is 11.3. The average Bonchev–Trinajstić information content (AvgIpc) is 2.38. The molecule has 1 aromatic heterocycles. The lowest BCUT2D eigenvalue weighted by atomic mass is 10.2. The predicted octanol–water partition coefficient (Wildman–Crippen LogP) is 1.20. The third-order valence-corrected chi connectivity index (χ3v) is 2.77. The van der Waals surface area contributed by atoms with Crippen LogP contribution in [0, 0.1) is 6.92 Å². The van der Waals surface area contributed by atoms with Gasteiger partial charge >= 0.3 is 5.97 Å². The van der Waals surface area contributed by atoms with Crippen LogP contribution in [-0.4, -0.2) is 53.7 Å². The first-order valence-electron chi connectivity index (χ1n) is 6.00. The highest BCUT2D eigenvalue weighted by atomic mass is 16.5. The number of nitrogens with zero attached hydrogens (tertiary/aromatic N) is 2. The van der Waals surface area contributed by atoms with E-state index in [1.165, 1.54) is 12.1 Å². The number of aromatic nitrogens is 1. The minimum absolute atomic E-state index is 0.108. The fraction of sp³-hybridized carbons (Fsp3) is 0.462. The molecule has 0 aliphatic heterocycles. The van der Waals surface area contributed by atoms with Crippen molar-refractivity contribution in [3.05, 3.63) is 29.1 Å². The lowest BCUT2D eigenvalue weighted by molar-refractivity contribution is 0.0683. The number of hydrogen-bond acceptors (Lipinski definition) is 4. The van der Waals surface area contributed by atoms with Gasteiger partial charge in [-0.1, -0.05) is 0 Å². The van der Waals surface area contributed by atoms with Crippen LogP contribution in [0.5, 0.6) is 0 Å². The average molecular weight is 266 g/mol. The number of methoxy groups -OCH3 is 1. The van der Waals surface area contributed by atoms with Crippen molar-refractivity contribution in [2.75, 3.05) is 26.8 Å². The summed E-state index contributed by atoms with van der Waals surface area (Å²) in [6, 6.07) is 2.84. The highest BCUT2D eigenvalue weighted by Gasteiger charge is 2.17. The third-order valence-electron chi connectivity index (χ3n) is 2.77. The maximum Gasteiger partial charge on any atom is 0.337 e. The zero-order chi connectivity index (χ0) is 14.4. The number of carbonyl (C=O) groups excluding carboxylic acids is 1. The minimum Gasteiger partial charge on any atom is -0.478 e. The van der Waals surface area contributed by atoms with Crippen LogP contribution in [0.15, 0.2) is 12.1 Å². The lowest BCUT2D eigenvalue weighted by Gasteiger charge is -2.20. The number of likely N-dealkylation sites (N-methyl/N-ethyl adjacent to an activating group) is 1. The number of carboxylic acids is 1. The van der Waals surface area contributed by atoms with Gasteiger partial charge < -0.3 is 14.7 Å². The summed E-state index contributed by atoms with van der Waals surface area (Å²) >= 11 is 0. The molecule has 1 aromatic rings. The molecule has 0 saturated heterocycles. The Bertz CT molecular complexity index is 474. The number of rotatable bonds is 6. The number of hydrogen-bond donors (Lipinski definition) is 1. The molecule has 6 heteroatoms. The van der Waals surface area contributed by atoms with Crippen LogP contribution < -0.4 is 0 Å². The molecule has 0 radical (unpaired) electrons. The fourth-order valence-electron chi connectivity index (χ4n) is 1.67. The maximum atomic E-state index is 12.2. The summed E-state index contributed by atoms with van der Waals surface area (Å²) in [6.45, 7) is 4.92. The number of ether oxygens (including phenoxy) is 1. The van der Waals surface area contributed by atoms with E-state index in [0.717, 1.165) is 0 Å². The Morgan fingerprint density at radius 3 is 2.58 bits per heavy atom. The van der Waals surface area contributed by atoms with Crippen molar-refractivity contribution in [2.24, 2.45) is 0 Å². The first-order chi connectivity index (χ1) is 9.01. The topological polar surface area (TPSA) is 79.7 Å². The Labute approximate surface area is 112 Å². The molecule has 0 aromatic carbocycles. The van der Waals surface area contributed by atoms with Crippen molar-refractivity contribution < 1.29 is 19.4 Å². The van der Waals surface area contributed by atoms with Crippen molar-refractivity contribution in [3.63, 3.8) is 0 Å². The number of amides is 1. The van der Waals surface area contributed by atoms with Gasteiger partial charge in [-0.15, -0.1) is 0 Å². The summed E-state index contributed by atoms with van der Waals surface area (Å²) in [7, 11) is 1.57. The normalized spacial score (nSPS) is 10.3. The van der Waals surface area contributed by atoms with Gasteiger partial charge in [-0.3, -0.25) is 4.79 Å². The fourth-order valence-corrected chi connectivity index (χ4v) is 1.67. The molecule has 0 fully saturated rings. The molecule has 0 bridgehead atoms. The molecule has 0 atom stereocenters. The van der Waals surface area contributed by atoms with Crippen LogP contribution in [0.2, 0.25) is 0 Å². The summed E-state index contributed by atoms with van der Waals surface area (Å²) in [5.74, 6) is -1.27. The number of carboxylic acid groups (broad SMARTS) is 1. The van der Waals surface area contributed by atoms with Gasteiger partial charge in [0.1, 0.15) is 5.69 Å². The molecule has 6 nitrogen and oxygen atoms in total. The summed E-state index contributed by atoms with van der Waals surface area (Å²) in [5, 5.41) is 8.91. The van der Waals surface area contributed by atoms with Gasteiger partial charge in [-0.05, 0) is 26.0 Å². The highest BCUT2D eigenvalue weighted by Crippen LogP contribution is 2.09. The summed E-state index contributed by atoms with van der Waals surface area (Å²) in [4.78, 5) is 28.7. The van der Waals surface area contributed by atoms with E-state index in [1.807, 2.05) is 6.92 Å². The second-order valence-electron chi connectivity index (χ2n) is 4.01. The van der Waals surface area contributed by atoms with Crippen molar-refractivity contribution in [1.29, 1.82) is 0 Å². The Morgan fingerprint density at radius 2 is 2.11 bits per heavy atom. The molecule has 1 heterocycles. The van der Waals surface area contributed by atoms with Crippen LogP contribution in [-0.2, 0) is 4.74 Å². The van der Waals surface area contributed by atoms with Gasteiger partial charge in [0.2, 0.25) is 0 Å². The monoisotopic (exact) mass is 266 g/mol. The Balaban J connectivity index is 2.93. The maximum absolute atomic E-state index is 12.2. The van der Waals surface area contributed by atoms with Crippen LogP contribution in [0.4, 0.5) is 0 Å². The minimum atomic E-state index is -1.05. The van der Waals surface area contributed by atoms with Gasteiger partial charge in [0.25, 0.3) is 5.91 Å². The van der Waals surface area contributed by atoms with E-state index in [2.05, 4.69) is 4.98 Å². The standard InChI is InChI=1S/C13H18N2O4/c1-4-15(7-8-19-3)12(16)11-6-5-10(13(17)18)9(2)14-11/h5-6H,4,7-8H2,1-3H3,(H,17,18). The van der Waals surface area contributed by atoms with E-state index in [4.69, 9.17) is 9.84 Å². The van der Waals surface area contributed by atoms with E-state index in [9.17, 15) is 9.59 Å². The summed E-state index contributed by atoms with van der Waals surface area (Å²) in [6.07, 6.45) is 0. The molecule has 1 amide bonds. The molecule has 104 valence electrons. The van der Waals surface area contributed by atoms with Crippen molar-refractivity contribution in [3.8, 4) is 0 Å². The first kappa shape index (κ1) is 15.1. The SMILES string of the molecule is CCN(CCOC)C(=O)c1ccc(C(=O)O)c(C)n1. The molecular formula is C13H18N2O4. The van der Waals surface area contributed by atoms with Gasteiger partial charge in [0.05, 0.1) is 17.9 Å². The van der Waals surface area contributed by atoms with Crippen molar-refractivity contribution in [2.45, 2.75) is 13.8 Å². The van der Waals surface area contributed by atoms with Gasteiger partial charge in [0.15, 0.2) is 0 Å². The van der Waals surface area contributed by atoms with Crippen LogP contribution in [0.1, 0.15) is 33.5 Å². The molecule has 19 heavy (non-hydrogen) atoms. The zero-order valence-corrected chi connectivity index (χ0v) is 11.3. The van der Waals surface area contributed by atoms with E-state index in [1.54, 1.807) is 18.9 Å².